The van der Waals surface area contributed by atoms with Crippen molar-refractivity contribution in [3.05, 3.63) is 0 Å². The molecule has 3 aliphatic heterocycles. The number of carbonyl (C=O) groups is 3. The Hall–Kier alpha value is -1.59. The summed E-state index contributed by atoms with van der Waals surface area (Å²) in [6.07, 6.45) is 7.47. The van der Waals surface area contributed by atoms with E-state index in [2.05, 4.69) is 24.1 Å². The van der Waals surface area contributed by atoms with Gasteiger partial charge in [0.05, 0.1) is 0 Å². The molecule has 0 spiro atoms. The summed E-state index contributed by atoms with van der Waals surface area (Å²) in [5.41, 5.74) is -0.308. The highest BCUT2D eigenvalue weighted by Gasteiger charge is 2.47. The van der Waals surface area contributed by atoms with E-state index < -0.39 is 0 Å². The molecule has 152 valence electrons. The van der Waals surface area contributed by atoms with Crippen LogP contribution in [0.15, 0.2) is 0 Å². The van der Waals surface area contributed by atoms with Crippen molar-refractivity contribution in [2.45, 2.75) is 103 Å². The fourth-order valence-electron chi connectivity index (χ4n) is 5.04. The Kier molecular flexibility index (Phi) is 5.82. The molecule has 0 aromatic rings. The standard InChI is InChI=1S/C21H35N3O3/c1-5-21(3,6-2)20(27)22-14-12-15-10-11-16(13-14)24(15)19(26)17-8-7-9-18(25)23(17)4/h14-17H,5-13H2,1-4H3,(H,22,27). The summed E-state index contributed by atoms with van der Waals surface area (Å²) in [5.74, 6) is 0.344. The number of likely N-dealkylation sites (tertiary alicyclic amines) is 1. The zero-order chi connectivity index (χ0) is 19.8. The van der Waals surface area contributed by atoms with Crippen molar-refractivity contribution in [1.82, 2.24) is 15.1 Å². The third-order valence-electron chi connectivity index (χ3n) is 7.45. The molecule has 3 rings (SSSR count). The predicted molar refractivity (Wildman–Crippen MR) is 104 cm³/mol. The van der Waals surface area contributed by atoms with Gasteiger partial charge in [0, 0.05) is 37.0 Å². The van der Waals surface area contributed by atoms with Crippen LogP contribution >= 0.6 is 0 Å². The van der Waals surface area contributed by atoms with Gasteiger partial charge < -0.3 is 15.1 Å². The van der Waals surface area contributed by atoms with Gasteiger partial charge in [-0.15, -0.1) is 0 Å². The Morgan fingerprint density at radius 2 is 1.70 bits per heavy atom. The van der Waals surface area contributed by atoms with Crippen LogP contribution in [0.5, 0.6) is 0 Å². The Morgan fingerprint density at radius 1 is 1.11 bits per heavy atom. The van der Waals surface area contributed by atoms with Crippen molar-refractivity contribution in [3.8, 4) is 0 Å². The zero-order valence-corrected chi connectivity index (χ0v) is 17.3. The van der Waals surface area contributed by atoms with Gasteiger partial charge in [-0.1, -0.05) is 20.8 Å². The molecule has 6 nitrogen and oxygen atoms in total. The summed E-state index contributed by atoms with van der Waals surface area (Å²) >= 11 is 0. The van der Waals surface area contributed by atoms with Crippen LogP contribution in [-0.4, -0.2) is 58.7 Å². The van der Waals surface area contributed by atoms with E-state index >= 15 is 0 Å². The quantitative estimate of drug-likeness (QED) is 0.800. The van der Waals surface area contributed by atoms with E-state index in [1.165, 1.54) is 0 Å². The minimum atomic E-state index is -0.308. The topological polar surface area (TPSA) is 69.7 Å². The van der Waals surface area contributed by atoms with Gasteiger partial charge in [-0.05, 0) is 51.4 Å². The number of nitrogens with one attached hydrogen (secondary N) is 1. The molecular formula is C21H35N3O3. The Morgan fingerprint density at radius 3 is 2.26 bits per heavy atom. The van der Waals surface area contributed by atoms with E-state index in [0.29, 0.717) is 6.42 Å². The molecule has 0 aromatic carbocycles. The van der Waals surface area contributed by atoms with Crippen LogP contribution in [0.3, 0.4) is 0 Å². The number of hydrogen-bond acceptors (Lipinski definition) is 3. The molecule has 3 heterocycles. The molecule has 27 heavy (non-hydrogen) atoms. The largest absolute Gasteiger partial charge is 0.353 e. The van der Waals surface area contributed by atoms with Crippen LogP contribution in [0.25, 0.3) is 0 Å². The highest BCUT2D eigenvalue weighted by molar-refractivity contribution is 5.89. The minimum Gasteiger partial charge on any atom is -0.353 e. The lowest BCUT2D eigenvalue weighted by Crippen LogP contribution is -2.59. The zero-order valence-electron chi connectivity index (χ0n) is 17.3. The van der Waals surface area contributed by atoms with Gasteiger partial charge in [-0.2, -0.15) is 0 Å². The van der Waals surface area contributed by atoms with Gasteiger partial charge in [0.25, 0.3) is 0 Å². The van der Waals surface area contributed by atoms with E-state index in [0.717, 1.165) is 51.4 Å². The molecule has 6 heteroatoms. The molecule has 0 aliphatic carbocycles. The number of hydrogen-bond donors (Lipinski definition) is 1. The summed E-state index contributed by atoms with van der Waals surface area (Å²) in [5, 5.41) is 3.28. The van der Waals surface area contributed by atoms with E-state index in [1.54, 1.807) is 11.9 Å². The number of piperidine rings is 2. The maximum absolute atomic E-state index is 13.2. The van der Waals surface area contributed by atoms with Gasteiger partial charge >= 0.3 is 0 Å². The second-order valence-corrected chi connectivity index (χ2v) is 8.95. The highest BCUT2D eigenvalue weighted by atomic mass is 16.2. The molecule has 3 saturated heterocycles. The molecule has 0 aromatic heterocycles. The molecule has 3 unspecified atom stereocenters. The van der Waals surface area contributed by atoms with Crippen LogP contribution in [0, 0.1) is 5.41 Å². The van der Waals surface area contributed by atoms with Crippen LogP contribution in [0.1, 0.15) is 78.6 Å². The van der Waals surface area contributed by atoms with Crippen LogP contribution in [0.4, 0.5) is 0 Å². The smallest absolute Gasteiger partial charge is 0.245 e. The average molecular weight is 378 g/mol. The fraction of sp³-hybridized carbons (Fsp3) is 0.857. The Balaban J connectivity index is 1.64. The first kappa shape index (κ1) is 20.2. The Labute approximate surface area is 163 Å². The summed E-state index contributed by atoms with van der Waals surface area (Å²) in [4.78, 5) is 41.6. The molecule has 2 bridgehead atoms. The molecule has 0 radical (unpaired) electrons. The summed E-state index contributed by atoms with van der Waals surface area (Å²) in [7, 11) is 1.76. The lowest BCUT2D eigenvalue weighted by molar-refractivity contribution is -0.150. The molecule has 1 N–H and O–H groups in total. The first-order valence-corrected chi connectivity index (χ1v) is 10.7. The lowest BCUT2D eigenvalue weighted by atomic mass is 9.83. The Bertz CT molecular complexity index is 587. The fourth-order valence-corrected chi connectivity index (χ4v) is 5.04. The molecule has 3 aliphatic rings. The number of fused-ring (bicyclic) bond motifs is 2. The van der Waals surface area contributed by atoms with Crippen molar-refractivity contribution in [2.75, 3.05) is 7.05 Å². The van der Waals surface area contributed by atoms with Gasteiger partial charge in [0.15, 0.2) is 0 Å². The third kappa shape index (κ3) is 3.72. The molecular weight excluding hydrogens is 342 g/mol. The predicted octanol–water partition coefficient (Wildman–Crippen LogP) is 2.46. The molecule has 3 atom stereocenters. The van der Waals surface area contributed by atoms with E-state index in [-0.39, 0.29) is 47.3 Å². The SMILES string of the molecule is CCC(C)(CC)C(=O)NC1CC2CCC(C1)N2C(=O)C1CCCC(=O)N1C. The molecule has 3 fully saturated rings. The van der Waals surface area contributed by atoms with E-state index in [1.807, 2.05) is 6.92 Å². The summed E-state index contributed by atoms with van der Waals surface area (Å²) in [6, 6.07) is 0.245. The van der Waals surface area contributed by atoms with E-state index in [9.17, 15) is 14.4 Å². The minimum absolute atomic E-state index is 0.0764. The second-order valence-electron chi connectivity index (χ2n) is 8.95. The van der Waals surface area contributed by atoms with Crippen LogP contribution < -0.4 is 5.32 Å². The van der Waals surface area contributed by atoms with Crippen molar-refractivity contribution in [3.63, 3.8) is 0 Å². The van der Waals surface area contributed by atoms with Crippen LogP contribution in [0.2, 0.25) is 0 Å². The molecule has 3 amide bonds. The van der Waals surface area contributed by atoms with E-state index in [4.69, 9.17) is 0 Å². The van der Waals surface area contributed by atoms with Gasteiger partial charge in [0.1, 0.15) is 6.04 Å². The normalized spacial score (nSPS) is 31.2. The van der Waals surface area contributed by atoms with Gasteiger partial charge in [-0.3, -0.25) is 14.4 Å². The molecule has 0 saturated carbocycles. The maximum atomic E-state index is 13.2. The number of nitrogens with zero attached hydrogens (tertiary/aromatic N) is 2. The van der Waals surface area contributed by atoms with Crippen molar-refractivity contribution in [1.29, 1.82) is 0 Å². The second kappa shape index (κ2) is 7.80. The number of rotatable bonds is 5. The van der Waals surface area contributed by atoms with Crippen LogP contribution in [-0.2, 0) is 14.4 Å². The van der Waals surface area contributed by atoms with Gasteiger partial charge in [0.2, 0.25) is 17.7 Å². The average Bonchev–Trinajstić information content (AvgIpc) is 2.93. The van der Waals surface area contributed by atoms with Crippen molar-refractivity contribution >= 4 is 17.7 Å². The first-order valence-electron chi connectivity index (χ1n) is 10.7. The number of likely N-dealkylation sites (N-methyl/N-ethyl adjacent to an activating group) is 1. The highest BCUT2D eigenvalue weighted by Crippen LogP contribution is 2.38. The monoisotopic (exact) mass is 377 g/mol. The van der Waals surface area contributed by atoms with Crippen molar-refractivity contribution in [2.24, 2.45) is 5.41 Å². The van der Waals surface area contributed by atoms with Gasteiger partial charge in [-0.25, -0.2) is 0 Å². The number of carbonyl (C=O) groups excluding carboxylic acids is 3. The summed E-state index contributed by atoms with van der Waals surface area (Å²) in [6.45, 7) is 6.16. The van der Waals surface area contributed by atoms with Crippen molar-refractivity contribution < 1.29 is 14.4 Å². The first-order chi connectivity index (χ1) is 12.8. The third-order valence-corrected chi connectivity index (χ3v) is 7.45. The number of amides is 3. The summed E-state index contributed by atoms with van der Waals surface area (Å²) < 4.78 is 0. The lowest BCUT2D eigenvalue weighted by Gasteiger charge is -2.43. The maximum Gasteiger partial charge on any atom is 0.245 e.